The maximum Gasteiger partial charge on any atom is 0.131 e. The van der Waals surface area contributed by atoms with Crippen molar-refractivity contribution in [3.8, 4) is 0 Å². The van der Waals surface area contributed by atoms with Crippen LogP contribution < -0.4 is 5.73 Å². The topological polar surface area (TPSA) is 43.1 Å². The lowest BCUT2D eigenvalue weighted by atomic mass is 10.0. The molecule has 0 radical (unpaired) electrons. The maximum atomic E-state index is 10.6. The van der Waals surface area contributed by atoms with E-state index in [1.54, 1.807) is 6.92 Å². The summed E-state index contributed by atoms with van der Waals surface area (Å²) in [7, 11) is 0. The van der Waals surface area contributed by atoms with Gasteiger partial charge in [-0.3, -0.25) is 4.79 Å². The van der Waals surface area contributed by atoms with Crippen molar-refractivity contribution in [2.24, 2.45) is 11.7 Å². The van der Waals surface area contributed by atoms with Gasteiger partial charge < -0.3 is 5.73 Å². The predicted octanol–water partition coefficient (Wildman–Crippen LogP) is 1.34. The van der Waals surface area contributed by atoms with Gasteiger partial charge in [-0.05, 0) is 19.3 Å². The monoisotopic (exact) mass is 143 g/mol. The second kappa shape index (κ2) is 4.45. The zero-order valence-corrected chi connectivity index (χ0v) is 7.05. The average molecular weight is 143 g/mol. The Morgan fingerprint density at radius 2 is 2.00 bits per heavy atom. The fraction of sp³-hybridized carbons (Fsp3) is 0.875. The number of ketones is 1. The molecule has 60 valence electrons. The van der Waals surface area contributed by atoms with E-state index < -0.39 is 0 Å². The zero-order valence-electron chi connectivity index (χ0n) is 7.05. The Balaban J connectivity index is 3.43. The molecule has 2 nitrogen and oxygen atoms in total. The Labute approximate surface area is 62.8 Å². The van der Waals surface area contributed by atoms with E-state index in [0.717, 1.165) is 6.42 Å². The van der Waals surface area contributed by atoms with Crippen molar-refractivity contribution >= 4 is 5.78 Å². The normalized spacial score (nSPS) is 13.7. The predicted molar refractivity (Wildman–Crippen MR) is 42.7 cm³/mol. The van der Waals surface area contributed by atoms with Crippen LogP contribution in [0.2, 0.25) is 0 Å². The molecule has 0 bridgehead atoms. The first-order chi connectivity index (χ1) is 4.52. The third kappa shape index (κ3) is 5.76. The van der Waals surface area contributed by atoms with E-state index in [2.05, 4.69) is 13.8 Å². The quantitative estimate of drug-likeness (QED) is 0.645. The first-order valence-electron chi connectivity index (χ1n) is 3.77. The molecular weight excluding hydrogens is 126 g/mol. The summed E-state index contributed by atoms with van der Waals surface area (Å²) in [4.78, 5) is 10.6. The molecule has 0 spiro atoms. The van der Waals surface area contributed by atoms with Gasteiger partial charge in [0, 0.05) is 12.5 Å². The summed E-state index contributed by atoms with van der Waals surface area (Å²) >= 11 is 0. The van der Waals surface area contributed by atoms with Crippen molar-refractivity contribution in [1.29, 1.82) is 0 Å². The third-order valence-corrected chi connectivity index (χ3v) is 1.32. The maximum absolute atomic E-state index is 10.6. The molecular formula is C8H17NO. The van der Waals surface area contributed by atoms with Gasteiger partial charge in [-0.25, -0.2) is 0 Å². The molecule has 1 atom stereocenters. The van der Waals surface area contributed by atoms with Gasteiger partial charge in [-0.15, -0.1) is 0 Å². The minimum Gasteiger partial charge on any atom is -0.327 e. The van der Waals surface area contributed by atoms with Crippen molar-refractivity contribution in [3.63, 3.8) is 0 Å². The second-order valence-corrected chi connectivity index (χ2v) is 3.30. The summed E-state index contributed by atoms with van der Waals surface area (Å²) in [6.45, 7) is 5.81. The SMILES string of the molecule is CC(=O)CC(N)CC(C)C. The van der Waals surface area contributed by atoms with Crippen LogP contribution in [0, 0.1) is 5.92 Å². The summed E-state index contributed by atoms with van der Waals surface area (Å²) in [5.41, 5.74) is 5.65. The van der Waals surface area contributed by atoms with Crippen LogP contribution in [-0.4, -0.2) is 11.8 Å². The van der Waals surface area contributed by atoms with Crippen LogP contribution in [0.5, 0.6) is 0 Å². The number of carbonyl (C=O) groups excluding carboxylic acids is 1. The van der Waals surface area contributed by atoms with E-state index in [1.807, 2.05) is 0 Å². The van der Waals surface area contributed by atoms with Crippen LogP contribution in [0.25, 0.3) is 0 Å². The fourth-order valence-corrected chi connectivity index (χ4v) is 1.06. The molecule has 0 aliphatic rings. The van der Waals surface area contributed by atoms with Crippen molar-refractivity contribution < 1.29 is 4.79 Å². The molecule has 2 N–H and O–H groups in total. The van der Waals surface area contributed by atoms with Crippen LogP contribution in [0.15, 0.2) is 0 Å². The fourth-order valence-electron chi connectivity index (χ4n) is 1.06. The molecule has 0 aliphatic heterocycles. The Bertz CT molecular complexity index is 110. The van der Waals surface area contributed by atoms with Gasteiger partial charge in [0.25, 0.3) is 0 Å². The smallest absolute Gasteiger partial charge is 0.131 e. The molecule has 0 aromatic rings. The van der Waals surface area contributed by atoms with Crippen molar-refractivity contribution in [2.45, 2.75) is 39.7 Å². The first kappa shape index (κ1) is 9.63. The molecule has 0 fully saturated rings. The van der Waals surface area contributed by atoms with E-state index in [-0.39, 0.29) is 11.8 Å². The zero-order chi connectivity index (χ0) is 8.15. The largest absolute Gasteiger partial charge is 0.327 e. The van der Waals surface area contributed by atoms with Gasteiger partial charge in [0.05, 0.1) is 0 Å². The molecule has 1 unspecified atom stereocenters. The first-order valence-corrected chi connectivity index (χ1v) is 3.77. The lowest BCUT2D eigenvalue weighted by Gasteiger charge is -2.11. The molecule has 0 heterocycles. The molecule has 0 amide bonds. The van der Waals surface area contributed by atoms with Gasteiger partial charge in [0.15, 0.2) is 0 Å². The second-order valence-electron chi connectivity index (χ2n) is 3.30. The number of hydrogen-bond acceptors (Lipinski definition) is 2. The van der Waals surface area contributed by atoms with Crippen molar-refractivity contribution in [1.82, 2.24) is 0 Å². The highest BCUT2D eigenvalue weighted by atomic mass is 16.1. The molecule has 0 aromatic carbocycles. The highest BCUT2D eigenvalue weighted by Gasteiger charge is 2.06. The number of carbonyl (C=O) groups is 1. The van der Waals surface area contributed by atoms with Crippen LogP contribution in [0.4, 0.5) is 0 Å². The lowest BCUT2D eigenvalue weighted by Crippen LogP contribution is -2.24. The van der Waals surface area contributed by atoms with Gasteiger partial charge in [0.2, 0.25) is 0 Å². The van der Waals surface area contributed by atoms with E-state index >= 15 is 0 Å². The number of hydrogen-bond donors (Lipinski definition) is 1. The molecule has 10 heavy (non-hydrogen) atoms. The third-order valence-electron chi connectivity index (χ3n) is 1.32. The van der Waals surface area contributed by atoms with Crippen molar-refractivity contribution in [2.75, 3.05) is 0 Å². The highest BCUT2D eigenvalue weighted by molar-refractivity contribution is 5.76. The lowest BCUT2D eigenvalue weighted by molar-refractivity contribution is -0.117. The van der Waals surface area contributed by atoms with Crippen molar-refractivity contribution in [3.05, 3.63) is 0 Å². The standard InChI is InChI=1S/C8H17NO/c1-6(2)4-8(9)5-7(3)10/h6,8H,4-5,9H2,1-3H3. The van der Waals surface area contributed by atoms with Gasteiger partial charge in [0.1, 0.15) is 5.78 Å². The minimum absolute atomic E-state index is 0.0671. The number of Topliss-reactive ketones (excluding diaryl/α,β-unsaturated/α-hetero) is 1. The summed E-state index contributed by atoms with van der Waals surface area (Å²) in [6.07, 6.45) is 1.47. The summed E-state index contributed by atoms with van der Waals surface area (Å²) in [5.74, 6) is 0.780. The summed E-state index contributed by atoms with van der Waals surface area (Å²) < 4.78 is 0. The van der Waals surface area contributed by atoms with Gasteiger partial charge >= 0.3 is 0 Å². The Morgan fingerprint density at radius 3 is 2.30 bits per heavy atom. The Morgan fingerprint density at radius 1 is 1.50 bits per heavy atom. The van der Waals surface area contributed by atoms with Crippen LogP contribution in [0.1, 0.15) is 33.6 Å². The molecule has 0 saturated carbocycles. The van der Waals surface area contributed by atoms with E-state index in [9.17, 15) is 4.79 Å². The molecule has 0 aliphatic carbocycles. The molecule has 0 aromatic heterocycles. The van der Waals surface area contributed by atoms with Crippen LogP contribution >= 0.6 is 0 Å². The van der Waals surface area contributed by atoms with E-state index in [4.69, 9.17) is 5.73 Å². The van der Waals surface area contributed by atoms with Crippen LogP contribution in [-0.2, 0) is 4.79 Å². The summed E-state index contributed by atoms with van der Waals surface area (Å²) in [5, 5.41) is 0. The highest BCUT2D eigenvalue weighted by Crippen LogP contribution is 2.05. The Hall–Kier alpha value is -0.370. The average Bonchev–Trinajstić information content (AvgIpc) is 1.58. The molecule has 0 rings (SSSR count). The van der Waals surface area contributed by atoms with Crippen LogP contribution in [0.3, 0.4) is 0 Å². The summed E-state index contributed by atoms with van der Waals surface area (Å²) in [6, 6.07) is 0.0671. The minimum atomic E-state index is 0.0671. The number of nitrogens with two attached hydrogens (primary N) is 1. The van der Waals surface area contributed by atoms with Gasteiger partial charge in [-0.2, -0.15) is 0 Å². The van der Waals surface area contributed by atoms with E-state index in [1.165, 1.54) is 0 Å². The molecule has 0 saturated heterocycles. The van der Waals surface area contributed by atoms with Gasteiger partial charge in [-0.1, -0.05) is 13.8 Å². The number of rotatable bonds is 4. The Kier molecular flexibility index (Phi) is 4.28. The van der Waals surface area contributed by atoms with E-state index in [0.29, 0.717) is 12.3 Å². The molecule has 2 heteroatoms.